The van der Waals surface area contributed by atoms with Gasteiger partial charge in [0, 0.05) is 18.8 Å². The molecular formula is C16H17N3O3S. The van der Waals surface area contributed by atoms with E-state index in [1.165, 1.54) is 11.8 Å². The third-order valence-electron chi connectivity index (χ3n) is 3.69. The van der Waals surface area contributed by atoms with E-state index in [9.17, 15) is 14.7 Å². The van der Waals surface area contributed by atoms with Crippen LogP contribution in [-0.4, -0.2) is 40.1 Å². The number of benzene rings is 1. The Labute approximate surface area is 138 Å². The van der Waals surface area contributed by atoms with E-state index < -0.39 is 12.0 Å². The van der Waals surface area contributed by atoms with Gasteiger partial charge in [-0.1, -0.05) is 42.1 Å². The lowest BCUT2D eigenvalue weighted by Crippen LogP contribution is -2.36. The van der Waals surface area contributed by atoms with Crippen molar-refractivity contribution in [1.82, 2.24) is 10.2 Å². The van der Waals surface area contributed by atoms with Crippen LogP contribution in [0.5, 0.6) is 0 Å². The van der Waals surface area contributed by atoms with E-state index >= 15 is 0 Å². The van der Waals surface area contributed by atoms with Crippen LogP contribution in [0.3, 0.4) is 0 Å². The van der Waals surface area contributed by atoms with Gasteiger partial charge in [-0.2, -0.15) is 0 Å². The lowest BCUT2D eigenvalue weighted by molar-refractivity contribution is -0.142. The average Bonchev–Trinajstić information content (AvgIpc) is 2.96. The summed E-state index contributed by atoms with van der Waals surface area (Å²) in [6, 6.07) is 7.67. The number of amides is 1. The zero-order chi connectivity index (χ0) is 16.2. The molecule has 0 radical (unpaired) electrons. The standard InChI is InChI=1S/C16H17N3O3S/c20-13(9-12-10-23-16-17-7-4-8-19(12)16)18-14(15(21)22)11-5-2-1-3-6-11/h1-3,5-6,10,14H,4,7-9H2,(H,18,20)(H,21,22). The Balaban J connectivity index is 1.65. The Morgan fingerprint density at radius 1 is 1.35 bits per heavy atom. The van der Waals surface area contributed by atoms with Gasteiger partial charge in [-0.25, -0.2) is 4.79 Å². The summed E-state index contributed by atoms with van der Waals surface area (Å²) in [5.41, 5.74) is 1.44. The molecule has 0 fully saturated rings. The number of amidine groups is 1. The van der Waals surface area contributed by atoms with E-state index in [2.05, 4.69) is 10.3 Å². The molecule has 2 aliphatic heterocycles. The van der Waals surface area contributed by atoms with Crippen molar-refractivity contribution in [3.8, 4) is 0 Å². The van der Waals surface area contributed by atoms with Crippen molar-refractivity contribution in [1.29, 1.82) is 0 Å². The largest absolute Gasteiger partial charge is 0.479 e. The van der Waals surface area contributed by atoms with Crippen LogP contribution in [0.2, 0.25) is 0 Å². The van der Waals surface area contributed by atoms with Crippen LogP contribution < -0.4 is 5.32 Å². The van der Waals surface area contributed by atoms with Crippen molar-refractivity contribution in [2.45, 2.75) is 18.9 Å². The van der Waals surface area contributed by atoms with Crippen molar-refractivity contribution in [3.63, 3.8) is 0 Å². The highest BCUT2D eigenvalue weighted by molar-refractivity contribution is 8.16. The van der Waals surface area contributed by atoms with Crippen molar-refractivity contribution in [2.24, 2.45) is 4.99 Å². The molecule has 1 unspecified atom stereocenters. The second kappa shape index (κ2) is 6.87. The van der Waals surface area contributed by atoms with Crippen LogP contribution in [0.1, 0.15) is 24.4 Å². The Kier molecular flexibility index (Phi) is 4.66. The summed E-state index contributed by atoms with van der Waals surface area (Å²) in [6.07, 6.45) is 1.12. The molecule has 7 heteroatoms. The Hall–Kier alpha value is -2.28. The first-order valence-electron chi connectivity index (χ1n) is 7.40. The molecule has 0 aliphatic carbocycles. The molecule has 23 heavy (non-hydrogen) atoms. The summed E-state index contributed by atoms with van der Waals surface area (Å²) in [5, 5.41) is 14.8. The molecule has 0 spiro atoms. The average molecular weight is 331 g/mol. The zero-order valence-electron chi connectivity index (χ0n) is 12.4. The van der Waals surface area contributed by atoms with Crippen molar-refractivity contribution in [3.05, 3.63) is 47.0 Å². The van der Waals surface area contributed by atoms with E-state index in [0.717, 1.165) is 30.4 Å². The van der Waals surface area contributed by atoms with E-state index in [-0.39, 0.29) is 12.3 Å². The summed E-state index contributed by atoms with van der Waals surface area (Å²) < 4.78 is 0. The number of carboxylic acid groups (broad SMARTS) is 1. The first kappa shape index (κ1) is 15.6. The fourth-order valence-electron chi connectivity index (χ4n) is 2.58. The second-order valence-corrected chi connectivity index (χ2v) is 6.16. The normalized spacial score (nSPS) is 17.8. The SMILES string of the molecule is O=C(CC1=CSC2=NCCCN12)NC(C(=O)O)c1ccccc1. The molecule has 0 bridgehead atoms. The predicted molar refractivity (Wildman–Crippen MR) is 88.9 cm³/mol. The topological polar surface area (TPSA) is 82.0 Å². The molecular weight excluding hydrogens is 314 g/mol. The molecule has 6 nitrogen and oxygen atoms in total. The lowest BCUT2D eigenvalue weighted by atomic mass is 10.1. The molecule has 1 atom stereocenters. The van der Waals surface area contributed by atoms with Crippen LogP contribution in [-0.2, 0) is 9.59 Å². The van der Waals surface area contributed by atoms with E-state index in [1.807, 2.05) is 16.4 Å². The molecule has 120 valence electrons. The molecule has 0 saturated carbocycles. The van der Waals surface area contributed by atoms with E-state index in [4.69, 9.17) is 0 Å². The molecule has 2 aliphatic rings. The number of rotatable bonds is 5. The highest BCUT2D eigenvalue weighted by Gasteiger charge is 2.28. The molecule has 2 heterocycles. The monoisotopic (exact) mass is 331 g/mol. The number of carbonyl (C=O) groups is 2. The van der Waals surface area contributed by atoms with E-state index in [1.54, 1.807) is 24.3 Å². The number of thioether (sulfide) groups is 1. The van der Waals surface area contributed by atoms with Crippen LogP contribution in [0.15, 0.2) is 46.4 Å². The van der Waals surface area contributed by atoms with Gasteiger partial charge in [0.25, 0.3) is 0 Å². The smallest absolute Gasteiger partial charge is 0.330 e. The summed E-state index contributed by atoms with van der Waals surface area (Å²) >= 11 is 1.52. The lowest BCUT2D eigenvalue weighted by Gasteiger charge is -2.25. The first-order chi connectivity index (χ1) is 11.1. The van der Waals surface area contributed by atoms with Gasteiger partial charge < -0.3 is 15.3 Å². The number of aliphatic carboxylic acids is 1. The van der Waals surface area contributed by atoms with Crippen molar-refractivity contribution < 1.29 is 14.7 Å². The number of hydrogen-bond acceptors (Lipinski definition) is 5. The third kappa shape index (κ3) is 3.56. The maximum absolute atomic E-state index is 12.3. The number of nitrogens with one attached hydrogen (secondary N) is 1. The van der Waals surface area contributed by atoms with Gasteiger partial charge >= 0.3 is 5.97 Å². The van der Waals surface area contributed by atoms with Crippen LogP contribution in [0.25, 0.3) is 0 Å². The van der Waals surface area contributed by atoms with Crippen LogP contribution in [0.4, 0.5) is 0 Å². The molecule has 0 saturated heterocycles. The molecule has 1 amide bonds. The minimum absolute atomic E-state index is 0.155. The Bertz CT molecular complexity index is 672. The minimum atomic E-state index is -1.07. The summed E-state index contributed by atoms with van der Waals surface area (Å²) in [6.45, 7) is 1.67. The fraction of sp³-hybridized carbons (Fsp3) is 0.312. The zero-order valence-corrected chi connectivity index (χ0v) is 13.3. The van der Waals surface area contributed by atoms with Crippen LogP contribution in [0, 0.1) is 0 Å². The molecule has 1 aromatic carbocycles. The number of nitrogens with zero attached hydrogens (tertiary/aromatic N) is 2. The second-order valence-electron chi connectivity index (χ2n) is 5.32. The van der Waals surface area contributed by atoms with Crippen molar-refractivity contribution in [2.75, 3.05) is 13.1 Å². The number of fused-ring (bicyclic) bond motifs is 1. The maximum atomic E-state index is 12.3. The van der Waals surface area contributed by atoms with Gasteiger partial charge in [0.05, 0.1) is 6.42 Å². The quantitative estimate of drug-likeness (QED) is 0.862. The molecule has 3 rings (SSSR count). The molecule has 0 aromatic heterocycles. The minimum Gasteiger partial charge on any atom is -0.479 e. The van der Waals surface area contributed by atoms with Gasteiger partial charge in [0.1, 0.15) is 0 Å². The highest BCUT2D eigenvalue weighted by Crippen LogP contribution is 2.30. The number of carbonyl (C=O) groups excluding carboxylic acids is 1. The van der Waals surface area contributed by atoms with Gasteiger partial charge in [-0.3, -0.25) is 9.79 Å². The number of hydrogen-bond donors (Lipinski definition) is 2. The summed E-state index contributed by atoms with van der Waals surface area (Å²) in [7, 11) is 0. The summed E-state index contributed by atoms with van der Waals surface area (Å²) in [5.74, 6) is -1.38. The first-order valence-corrected chi connectivity index (χ1v) is 8.28. The maximum Gasteiger partial charge on any atom is 0.330 e. The Morgan fingerprint density at radius 2 is 2.13 bits per heavy atom. The van der Waals surface area contributed by atoms with E-state index in [0.29, 0.717) is 5.56 Å². The Morgan fingerprint density at radius 3 is 2.87 bits per heavy atom. The van der Waals surface area contributed by atoms with Gasteiger partial charge in [0.2, 0.25) is 5.91 Å². The van der Waals surface area contributed by atoms with Gasteiger partial charge in [0.15, 0.2) is 11.2 Å². The molecule has 1 aromatic rings. The highest BCUT2D eigenvalue weighted by atomic mass is 32.2. The van der Waals surface area contributed by atoms with Gasteiger partial charge in [-0.05, 0) is 17.4 Å². The number of aliphatic imine (C=N–C) groups is 1. The van der Waals surface area contributed by atoms with Gasteiger partial charge in [-0.15, -0.1) is 0 Å². The third-order valence-corrected chi connectivity index (χ3v) is 4.64. The number of carboxylic acids is 1. The van der Waals surface area contributed by atoms with Crippen molar-refractivity contribution >= 4 is 28.8 Å². The summed E-state index contributed by atoms with van der Waals surface area (Å²) in [4.78, 5) is 30.2. The molecule has 2 N–H and O–H groups in total. The van der Waals surface area contributed by atoms with Crippen LogP contribution >= 0.6 is 11.8 Å². The predicted octanol–water partition coefficient (Wildman–Crippen LogP) is 1.97. The fourth-order valence-corrected chi connectivity index (χ4v) is 3.54.